The van der Waals surface area contributed by atoms with E-state index in [9.17, 15) is 0 Å². The fourth-order valence-corrected chi connectivity index (χ4v) is 8.79. The highest BCUT2D eigenvalue weighted by atomic mass is 15.1. The Hall–Kier alpha value is -7.62. The average molecular weight is 728 g/mol. The first-order valence-corrected chi connectivity index (χ1v) is 19.5. The smallest absolute Gasteiger partial charge is 0.0562 e. The Morgan fingerprint density at radius 2 is 0.877 bits per heavy atom. The fourth-order valence-electron chi connectivity index (χ4n) is 8.79. The molecule has 0 saturated heterocycles. The van der Waals surface area contributed by atoms with E-state index in [-0.39, 0.29) is 0 Å². The first-order valence-electron chi connectivity index (χ1n) is 19.5. The van der Waals surface area contributed by atoms with E-state index in [1.165, 1.54) is 71.6 Å². The number of hydrogen-bond donors (Lipinski definition) is 0. The van der Waals surface area contributed by atoms with Crippen molar-refractivity contribution < 1.29 is 0 Å². The number of hydrogen-bond acceptors (Lipinski definition) is 1. The van der Waals surface area contributed by atoms with Gasteiger partial charge in [0, 0.05) is 44.2 Å². The van der Waals surface area contributed by atoms with Gasteiger partial charge in [0.25, 0.3) is 0 Å². The number of nitrogens with zero attached hydrogens (tertiary/aromatic N) is 3. The molecule has 0 aliphatic carbocycles. The average Bonchev–Trinajstić information content (AvgIpc) is 3.81. The van der Waals surface area contributed by atoms with E-state index in [0.717, 1.165) is 22.7 Å². The lowest BCUT2D eigenvalue weighted by molar-refractivity contribution is 1.18. The predicted molar refractivity (Wildman–Crippen MR) is 241 cm³/mol. The first kappa shape index (κ1) is 32.8. The molecule has 0 aliphatic rings. The highest BCUT2D eigenvalue weighted by molar-refractivity contribution is 6.16. The Kier molecular flexibility index (Phi) is 7.82. The van der Waals surface area contributed by atoms with Crippen molar-refractivity contribution in [3.63, 3.8) is 0 Å². The highest BCUT2D eigenvalue weighted by Gasteiger charge is 2.21. The van der Waals surface area contributed by atoms with Crippen molar-refractivity contribution in [1.29, 1.82) is 0 Å². The van der Waals surface area contributed by atoms with Gasteiger partial charge in [-0.3, -0.25) is 0 Å². The van der Waals surface area contributed by atoms with Crippen LogP contribution in [0, 0.1) is 0 Å². The Morgan fingerprint density at radius 1 is 0.316 bits per heavy atom. The van der Waals surface area contributed by atoms with E-state index in [0.29, 0.717) is 0 Å². The molecule has 0 amide bonds. The third-order valence-electron chi connectivity index (χ3n) is 11.3. The molecule has 57 heavy (non-hydrogen) atoms. The maximum atomic E-state index is 2.44. The topological polar surface area (TPSA) is 13.1 Å². The van der Waals surface area contributed by atoms with E-state index in [4.69, 9.17) is 0 Å². The summed E-state index contributed by atoms with van der Waals surface area (Å²) < 4.78 is 4.82. The van der Waals surface area contributed by atoms with Crippen LogP contribution in [0.1, 0.15) is 0 Å². The van der Waals surface area contributed by atoms with Crippen LogP contribution in [-0.2, 0) is 0 Å². The zero-order chi connectivity index (χ0) is 37.7. The molecule has 0 bridgehead atoms. The van der Waals surface area contributed by atoms with Crippen LogP contribution in [0.15, 0.2) is 224 Å². The summed E-state index contributed by atoms with van der Waals surface area (Å²) in [6.07, 6.45) is 0. The molecule has 0 aliphatic heterocycles. The quantitative estimate of drug-likeness (QED) is 0.159. The van der Waals surface area contributed by atoms with Crippen LogP contribution in [0.5, 0.6) is 0 Å². The summed E-state index contributed by atoms with van der Waals surface area (Å²) in [4.78, 5) is 2.40. The van der Waals surface area contributed by atoms with Crippen LogP contribution in [0.25, 0.3) is 77.2 Å². The molecule has 0 fully saturated rings. The Balaban J connectivity index is 1.06. The third kappa shape index (κ3) is 5.43. The molecule has 2 heterocycles. The van der Waals surface area contributed by atoms with Crippen LogP contribution in [0.2, 0.25) is 0 Å². The van der Waals surface area contributed by atoms with Gasteiger partial charge in [-0.05, 0) is 89.5 Å². The molecule has 268 valence electrons. The van der Waals surface area contributed by atoms with E-state index in [1.54, 1.807) is 0 Å². The molecular formula is C54H37N3. The molecule has 11 rings (SSSR count). The second-order valence-electron chi connectivity index (χ2n) is 14.5. The number of fused-ring (bicyclic) bond motifs is 6. The van der Waals surface area contributed by atoms with Crippen molar-refractivity contribution in [3.05, 3.63) is 224 Å². The maximum absolute atomic E-state index is 2.44. The summed E-state index contributed by atoms with van der Waals surface area (Å²) >= 11 is 0. The fraction of sp³-hybridized carbons (Fsp3) is 0. The number of benzene rings is 9. The minimum absolute atomic E-state index is 1.10. The van der Waals surface area contributed by atoms with E-state index >= 15 is 0 Å². The van der Waals surface area contributed by atoms with E-state index in [1.807, 2.05) is 0 Å². The van der Waals surface area contributed by atoms with Crippen LogP contribution < -0.4 is 4.90 Å². The highest BCUT2D eigenvalue weighted by Crippen LogP contribution is 2.44. The molecule has 2 aromatic heterocycles. The molecule has 0 radical (unpaired) electrons. The minimum Gasteiger partial charge on any atom is -0.310 e. The van der Waals surface area contributed by atoms with Gasteiger partial charge in [0.1, 0.15) is 0 Å². The van der Waals surface area contributed by atoms with Crippen molar-refractivity contribution in [3.8, 4) is 33.6 Å². The second kappa shape index (κ2) is 13.6. The third-order valence-corrected chi connectivity index (χ3v) is 11.3. The lowest BCUT2D eigenvalue weighted by atomic mass is 10.0. The summed E-state index contributed by atoms with van der Waals surface area (Å²) in [5.74, 6) is 0. The zero-order valence-corrected chi connectivity index (χ0v) is 31.2. The van der Waals surface area contributed by atoms with Gasteiger partial charge in [-0.1, -0.05) is 152 Å². The maximum Gasteiger partial charge on any atom is 0.0562 e. The lowest BCUT2D eigenvalue weighted by Crippen LogP contribution is -2.10. The van der Waals surface area contributed by atoms with Gasteiger partial charge in [-0.2, -0.15) is 0 Å². The normalized spacial score (nSPS) is 11.5. The van der Waals surface area contributed by atoms with Crippen molar-refractivity contribution in [2.24, 2.45) is 0 Å². The van der Waals surface area contributed by atoms with Gasteiger partial charge in [-0.15, -0.1) is 0 Å². The van der Waals surface area contributed by atoms with Gasteiger partial charge in [-0.25, -0.2) is 0 Å². The first-order chi connectivity index (χ1) is 28.3. The predicted octanol–water partition coefficient (Wildman–Crippen LogP) is 14.7. The van der Waals surface area contributed by atoms with Crippen molar-refractivity contribution >= 4 is 60.7 Å². The Labute approximate surface area is 331 Å². The van der Waals surface area contributed by atoms with Gasteiger partial charge in [0.15, 0.2) is 0 Å². The lowest BCUT2D eigenvalue weighted by Gasteiger charge is -2.26. The molecule has 3 nitrogen and oxygen atoms in total. The molecule has 0 atom stereocenters. The van der Waals surface area contributed by atoms with Gasteiger partial charge >= 0.3 is 0 Å². The molecular weight excluding hydrogens is 691 g/mol. The van der Waals surface area contributed by atoms with E-state index in [2.05, 4.69) is 238 Å². The molecule has 0 unspecified atom stereocenters. The summed E-state index contributed by atoms with van der Waals surface area (Å²) in [5, 5.41) is 4.94. The largest absolute Gasteiger partial charge is 0.310 e. The Bertz CT molecular complexity index is 3210. The van der Waals surface area contributed by atoms with Crippen molar-refractivity contribution in [2.75, 3.05) is 4.90 Å². The van der Waals surface area contributed by atoms with Gasteiger partial charge in [0.2, 0.25) is 0 Å². The van der Waals surface area contributed by atoms with E-state index < -0.39 is 0 Å². The molecule has 3 heteroatoms. The standard InChI is InChI=1S/C54H37N3/c1-4-17-39(18-5-1)44-23-10-13-26-48(44)57-49-27-14-11-24-45(49)46-36-33-40(37-53(46)57)38-31-34-43(35-32-38)55(41-19-6-2-7-20-41)51-29-16-30-52-54(51)47-25-12-15-28-50(47)56(52)42-21-8-3-9-22-42/h1-37H. The summed E-state index contributed by atoms with van der Waals surface area (Å²) in [6, 6.07) is 81.0. The number of aromatic nitrogens is 2. The zero-order valence-electron chi connectivity index (χ0n) is 31.2. The molecule has 0 spiro atoms. The molecule has 11 aromatic rings. The Morgan fingerprint density at radius 3 is 1.65 bits per heavy atom. The summed E-state index contributed by atoms with van der Waals surface area (Å²) in [5.41, 5.74) is 15.2. The molecule has 9 aromatic carbocycles. The van der Waals surface area contributed by atoms with Crippen LogP contribution >= 0.6 is 0 Å². The summed E-state index contributed by atoms with van der Waals surface area (Å²) in [7, 11) is 0. The van der Waals surface area contributed by atoms with Gasteiger partial charge in [0.05, 0.1) is 33.4 Å². The van der Waals surface area contributed by atoms with Gasteiger partial charge < -0.3 is 14.0 Å². The summed E-state index contributed by atoms with van der Waals surface area (Å²) in [6.45, 7) is 0. The van der Waals surface area contributed by atoms with Crippen LogP contribution in [0.3, 0.4) is 0 Å². The van der Waals surface area contributed by atoms with Crippen molar-refractivity contribution in [2.45, 2.75) is 0 Å². The van der Waals surface area contributed by atoms with Crippen molar-refractivity contribution in [1.82, 2.24) is 9.13 Å². The van der Waals surface area contributed by atoms with Crippen LogP contribution in [0.4, 0.5) is 17.1 Å². The number of anilines is 3. The number of rotatable bonds is 7. The number of para-hydroxylation sites is 5. The SMILES string of the molecule is c1ccc(-c2ccccc2-n2c3ccccc3c3ccc(-c4ccc(N(c5ccccc5)c5cccc6c5c5ccccc5n6-c5ccccc5)cc4)cc32)cc1. The minimum atomic E-state index is 1.10. The molecule has 0 saturated carbocycles. The second-order valence-corrected chi connectivity index (χ2v) is 14.5. The molecule has 0 N–H and O–H groups in total. The monoisotopic (exact) mass is 727 g/mol. The van der Waals surface area contributed by atoms with Crippen LogP contribution in [-0.4, -0.2) is 9.13 Å².